The molecule has 0 bridgehead atoms. The number of carboxylic acid groups (broad SMARTS) is 2. The smallest absolute Gasteiger partial charge is 0.303 e. The summed E-state index contributed by atoms with van der Waals surface area (Å²) in [5.41, 5.74) is 0. The quantitative estimate of drug-likeness (QED) is 0.591. The van der Waals surface area contributed by atoms with Crippen LogP contribution in [0.1, 0.15) is 25.7 Å². The number of carbonyl (C=O) groups is 2. The van der Waals surface area contributed by atoms with Gasteiger partial charge in [0.05, 0.1) is 0 Å². The van der Waals surface area contributed by atoms with Gasteiger partial charge in [-0.3, -0.25) is 9.59 Å². The third kappa shape index (κ3) is 8.68. The van der Waals surface area contributed by atoms with Crippen molar-refractivity contribution in [3.05, 3.63) is 12.2 Å². The van der Waals surface area contributed by atoms with Gasteiger partial charge in [0.1, 0.15) is 0 Å². The summed E-state index contributed by atoms with van der Waals surface area (Å²) in [7, 11) is 0. The predicted molar refractivity (Wildman–Crippen MR) is 42.9 cm³/mol. The van der Waals surface area contributed by atoms with E-state index in [1.807, 2.05) is 0 Å². The van der Waals surface area contributed by atoms with Gasteiger partial charge in [0.2, 0.25) is 0 Å². The average Bonchev–Trinajstić information content (AvgIpc) is 1.95. The molecule has 0 saturated carbocycles. The third-order valence-electron chi connectivity index (χ3n) is 1.22. The number of allylic oxidation sites excluding steroid dienone is 2. The number of aliphatic carboxylic acids is 2. The Kier molecular flexibility index (Phi) is 5.69. The Morgan fingerprint density at radius 1 is 0.917 bits per heavy atom. The summed E-state index contributed by atoms with van der Waals surface area (Å²) >= 11 is 0. The van der Waals surface area contributed by atoms with Gasteiger partial charge < -0.3 is 10.2 Å². The van der Waals surface area contributed by atoms with E-state index in [0.717, 1.165) is 0 Å². The second kappa shape index (κ2) is 6.39. The molecular weight excluding hydrogens is 160 g/mol. The van der Waals surface area contributed by atoms with E-state index in [0.29, 0.717) is 12.8 Å². The van der Waals surface area contributed by atoms with Crippen LogP contribution in [0, 0.1) is 0 Å². The second-order valence-electron chi connectivity index (χ2n) is 2.34. The minimum atomic E-state index is -0.835. The van der Waals surface area contributed by atoms with E-state index >= 15 is 0 Å². The number of hydrogen-bond donors (Lipinski definition) is 2. The molecule has 0 aromatic heterocycles. The lowest BCUT2D eigenvalue weighted by atomic mass is 10.2. The molecule has 0 aliphatic rings. The van der Waals surface area contributed by atoms with Crippen LogP contribution in [0.15, 0.2) is 12.2 Å². The molecule has 0 aromatic rings. The molecular formula is C8H12O4. The van der Waals surface area contributed by atoms with Gasteiger partial charge in [-0.1, -0.05) is 12.2 Å². The molecule has 0 heterocycles. The second-order valence-corrected chi connectivity index (χ2v) is 2.34. The number of rotatable bonds is 6. The lowest BCUT2D eigenvalue weighted by Gasteiger charge is -1.88. The molecule has 0 fully saturated rings. The molecule has 0 saturated heterocycles. The topological polar surface area (TPSA) is 74.6 Å². The van der Waals surface area contributed by atoms with Crippen LogP contribution in [-0.4, -0.2) is 22.2 Å². The van der Waals surface area contributed by atoms with Crippen molar-refractivity contribution < 1.29 is 19.8 Å². The molecule has 0 aromatic carbocycles. The summed E-state index contributed by atoms with van der Waals surface area (Å²) in [6.07, 6.45) is 4.52. The van der Waals surface area contributed by atoms with Gasteiger partial charge in [-0.15, -0.1) is 0 Å². The van der Waals surface area contributed by atoms with Crippen molar-refractivity contribution in [2.45, 2.75) is 25.7 Å². The molecule has 0 unspecified atom stereocenters. The number of hydrogen-bond acceptors (Lipinski definition) is 2. The van der Waals surface area contributed by atoms with E-state index in [1.54, 1.807) is 12.2 Å². The SMILES string of the molecule is O=C(O)CC/C=C/CCC(=O)O. The van der Waals surface area contributed by atoms with Crippen LogP contribution in [0.5, 0.6) is 0 Å². The van der Waals surface area contributed by atoms with Gasteiger partial charge in [0.25, 0.3) is 0 Å². The van der Waals surface area contributed by atoms with Crippen LogP contribution in [0.25, 0.3) is 0 Å². The van der Waals surface area contributed by atoms with Gasteiger partial charge in [0.15, 0.2) is 0 Å². The summed E-state index contributed by atoms with van der Waals surface area (Å²) in [4.78, 5) is 20.0. The van der Waals surface area contributed by atoms with Crippen LogP contribution in [0.2, 0.25) is 0 Å². The first-order valence-corrected chi connectivity index (χ1v) is 3.71. The van der Waals surface area contributed by atoms with E-state index in [4.69, 9.17) is 10.2 Å². The van der Waals surface area contributed by atoms with E-state index < -0.39 is 11.9 Å². The fourth-order valence-electron chi connectivity index (χ4n) is 0.649. The minimum Gasteiger partial charge on any atom is -0.481 e. The largest absolute Gasteiger partial charge is 0.481 e. The van der Waals surface area contributed by atoms with E-state index in [-0.39, 0.29) is 12.8 Å². The fraction of sp³-hybridized carbons (Fsp3) is 0.500. The maximum Gasteiger partial charge on any atom is 0.303 e. The number of carboxylic acids is 2. The van der Waals surface area contributed by atoms with E-state index in [9.17, 15) is 9.59 Å². The van der Waals surface area contributed by atoms with Crippen molar-refractivity contribution in [3.8, 4) is 0 Å². The molecule has 0 rings (SSSR count). The summed E-state index contributed by atoms with van der Waals surface area (Å²) in [5.74, 6) is -1.67. The van der Waals surface area contributed by atoms with Crippen LogP contribution in [-0.2, 0) is 9.59 Å². The zero-order valence-corrected chi connectivity index (χ0v) is 6.69. The highest BCUT2D eigenvalue weighted by Crippen LogP contribution is 1.95. The Bertz CT molecular complexity index is 163. The first kappa shape index (κ1) is 10.7. The highest BCUT2D eigenvalue weighted by Gasteiger charge is 1.93. The van der Waals surface area contributed by atoms with Crippen molar-refractivity contribution >= 4 is 11.9 Å². The Labute approximate surface area is 70.5 Å². The molecule has 0 spiro atoms. The highest BCUT2D eigenvalue weighted by molar-refractivity contribution is 5.67. The van der Waals surface area contributed by atoms with Crippen molar-refractivity contribution in [3.63, 3.8) is 0 Å². The van der Waals surface area contributed by atoms with E-state index in [1.165, 1.54) is 0 Å². The Morgan fingerprint density at radius 3 is 1.50 bits per heavy atom. The molecule has 4 heteroatoms. The zero-order chi connectivity index (χ0) is 9.40. The minimum absolute atomic E-state index is 0.101. The standard InChI is InChI=1S/C8H12O4/c9-7(10)5-3-1-2-4-6-8(11)12/h1-2H,3-6H2,(H,9,10)(H,11,12)/b2-1+. The van der Waals surface area contributed by atoms with Gasteiger partial charge in [-0.2, -0.15) is 0 Å². The van der Waals surface area contributed by atoms with Crippen molar-refractivity contribution in [2.24, 2.45) is 0 Å². The summed E-state index contributed by atoms with van der Waals surface area (Å²) < 4.78 is 0. The normalized spacial score (nSPS) is 10.3. The van der Waals surface area contributed by atoms with Gasteiger partial charge in [0, 0.05) is 12.8 Å². The molecule has 0 aliphatic heterocycles. The predicted octanol–water partition coefficient (Wildman–Crippen LogP) is 1.27. The summed E-state index contributed by atoms with van der Waals surface area (Å²) in [6, 6.07) is 0. The molecule has 68 valence electrons. The average molecular weight is 172 g/mol. The monoisotopic (exact) mass is 172 g/mol. The van der Waals surface area contributed by atoms with Gasteiger partial charge in [-0.05, 0) is 12.8 Å². The van der Waals surface area contributed by atoms with E-state index in [2.05, 4.69) is 0 Å². The van der Waals surface area contributed by atoms with Gasteiger partial charge in [-0.25, -0.2) is 0 Å². The Hall–Kier alpha value is -1.32. The summed E-state index contributed by atoms with van der Waals surface area (Å²) in [6.45, 7) is 0. The summed E-state index contributed by atoms with van der Waals surface area (Å²) in [5, 5.41) is 16.5. The lowest BCUT2D eigenvalue weighted by molar-refractivity contribution is -0.138. The zero-order valence-electron chi connectivity index (χ0n) is 6.69. The van der Waals surface area contributed by atoms with Crippen molar-refractivity contribution in [2.75, 3.05) is 0 Å². The molecule has 0 aliphatic carbocycles. The molecule has 2 N–H and O–H groups in total. The van der Waals surface area contributed by atoms with Crippen LogP contribution in [0.4, 0.5) is 0 Å². The molecule has 12 heavy (non-hydrogen) atoms. The van der Waals surface area contributed by atoms with Gasteiger partial charge >= 0.3 is 11.9 Å². The maximum atomic E-state index is 10.0. The molecule has 0 atom stereocenters. The van der Waals surface area contributed by atoms with Crippen LogP contribution < -0.4 is 0 Å². The maximum absolute atomic E-state index is 10.0. The highest BCUT2D eigenvalue weighted by atomic mass is 16.4. The van der Waals surface area contributed by atoms with Crippen LogP contribution >= 0.6 is 0 Å². The third-order valence-corrected chi connectivity index (χ3v) is 1.22. The first-order valence-electron chi connectivity index (χ1n) is 3.71. The molecule has 0 amide bonds. The van der Waals surface area contributed by atoms with Crippen LogP contribution in [0.3, 0.4) is 0 Å². The van der Waals surface area contributed by atoms with Crippen molar-refractivity contribution in [1.29, 1.82) is 0 Å². The lowest BCUT2D eigenvalue weighted by Crippen LogP contribution is -1.93. The van der Waals surface area contributed by atoms with Crippen molar-refractivity contribution in [1.82, 2.24) is 0 Å². The molecule has 4 nitrogen and oxygen atoms in total. The Balaban J connectivity index is 3.26. The Morgan fingerprint density at radius 2 is 1.25 bits per heavy atom. The molecule has 0 radical (unpaired) electrons. The first-order chi connectivity index (χ1) is 5.63. The fourth-order valence-corrected chi connectivity index (χ4v) is 0.649.